The van der Waals surface area contributed by atoms with E-state index in [9.17, 15) is 14.7 Å². The van der Waals surface area contributed by atoms with Crippen LogP contribution in [0.1, 0.15) is 52.5 Å². The van der Waals surface area contributed by atoms with Crippen LogP contribution in [0.5, 0.6) is 0 Å². The lowest BCUT2D eigenvalue weighted by molar-refractivity contribution is -0.136. The van der Waals surface area contributed by atoms with E-state index in [4.69, 9.17) is 4.74 Å². The highest BCUT2D eigenvalue weighted by Crippen LogP contribution is 2.31. The van der Waals surface area contributed by atoms with Crippen LogP contribution in [0.3, 0.4) is 0 Å². The molecule has 0 radical (unpaired) electrons. The highest BCUT2D eigenvalue weighted by molar-refractivity contribution is 5.94. The van der Waals surface area contributed by atoms with Crippen LogP contribution in [-0.4, -0.2) is 46.1 Å². The molecule has 198 valence electrons. The van der Waals surface area contributed by atoms with Crippen molar-refractivity contribution in [1.29, 1.82) is 0 Å². The Kier molecular flexibility index (Phi) is 8.94. The van der Waals surface area contributed by atoms with E-state index in [1.54, 1.807) is 23.1 Å². The van der Waals surface area contributed by atoms with Gasteiger partial charge in [-0.15, -0.1) is 0 Å². The zero-order chi connectivity index (χ0) is 27.1. The summed E-state index contributed by atoms with van der Waals surface area (Å²) in [6, 6.07) is 24.8. The van der Waals surface area contributed by atoms with E-state index in [2.05, 4.69) is 36.6 Å². The third-order valence-electron chi connectivity index (χ3n) is 6.57. The molecule has 38 heavy (non-hydrogen) atoms. The average Bonchev–Trinajstić information content (AvgIpc) is 3.39. The maximum atomic E-state index is 13.5. The maximum Gasteiger partial charge on any atom is 0.335 e. The number of fused-ring (bicyclic) bond motifs is 1. The largest absolute Gasteiger partial charge is 0.478 e. The van der Waals surface area contributed by atoms with Crippen molar-refractivity contribution in [3.63, 3.8) is 0 Å². The topological polar surface area (TPSA) is 82.1 Å². The predicted octanol–water partition coefficient (Wildman–Crippen LogP) is 5.09. The van der Waals surface area contributed by atoms with E-state index in [1.807, 2.05) is 61.3 Å². The number of nitrogens with zero attached hydrogens (tertiary/aromatic N) is 2. The van der Waals surface area contributed by atoms with E-state index in [0.717, 1.165) is 16.7 Å². The second kappa shape index (κ2) is 12.5. The van der Waals surface area contributed by atoms with Gasteiger partial charge >= 0.3 is 5.97 Å². The Morgan fingerprint density at radius 1 is 1.00 bits per heavy atom. The highest BCUT2D eigenvalue weighted by atomic mass is 16.5. The van der Waals surface area contributed by atoms with Gasteiger partial charge in [-0.2, -0.15) is 0 Å². The van der Waals surface area contributed by atoms with Crippen molar-refractivity contribution in [2.45, 2.75) is 46.0 Å². The zero-order valence-corrected chi connectivity index (χ0v) is 22.1. The van der Waals surface area contributed by atoms with Gasteiger partial charge in [0.25, 0.3) is 5.91 Å². The molecule has 2 heterocycles. The lowest BCUT2D eigenvalue weighted by Crippen LogP contribution is -2.58. The Bertz CT molecular complexity index is 1270. The first-order chi connectivity index (χ1) is 18.5. The summed E-state index contributed by atoms with van der Waals surface area (Å²) in [6.45, 7) is 7.75. The molecular formula is C31H35N3O4. The molecule has 2 N–H and O–H groups in total. The van der Waals surface area contributed by atoms with Gasteiger partial charge in [0.15, 0.2) is 0 Å². The number of carbonyl (C=O) groups is 2. The van der Waals surface area contributed by atoms with Gasteiger partial charge in [0, 0.05) is 13.1 Å². The minimum absolute atomic E-state index is 0.0860. The van der Waals surface area contributed by atoms with Crippen LogP contribution >= 0.6 is 0 Å². The summed E-state index contributed by atoms with van der Waals surface area (Å²) in [4.78, 5) is 26.7. The molecule has 0 spiro atoms. The Hall–Kier alpha value is -3.94. The smallest absolute Gasteiger partial charge is 0.335 e. The third-order valence-corrected chi connectivity index (χ3v) is 6.57. The molecule has 7 heteroatoms. The molecule has 5 rings (SSSR count). The number of carbonyl (C=O) groups excluding carboxylic acids is 1. The number of piperazine rings is 1. The van der Waals surface area contributed by atoms with Gasteiger partial charge < -0.3 is 14.7 Å². The molecule has 1 fully saturated rings. The molecule has 2 atom stereocenters. The van der Waals surface area contributed by atoms with Crippen molar-refractivity contribution in [2.24, 2.45) is 0 Å². The van der Waals surface area contributed by atoms with E-state index >= 15 is 0 Å². The van der Waals surface area contributed by atoms with Crippen LogP contribution in [0.2, 0.25) is 0 Å². The Balaban J connectivity index is 0.00000164. The van der Waals surface area contributed by atoms with Gasteiger partial charge in [0.2, 0.25) is 0 Å². The first-order valence-electron chi connectivity index (χ1n) is 13.0. The number of hydrogen-bond donors (Lipinski definition) is 2. The molecule has 3 aromatic carbocycles. The number of ether oxygens (including phenoxy) is 1. The monoisotopic (exact) mass is 513 g/mol. The molecule has 1 saturated heterocycles. The summed E-state index contributed by atoms with van der Waals surface area (Å²) in [6.07, 6.45) is 1.97. The minimum Gasteiger partial charge on any atom is -0.478 e. The molecule has 0 bridgehead atoms. The average molecular weight is 514 g/mol. The number of carboxylic acids is 1. The molecule has 3 aromatic rings. The van der Waals surface area contributed by atoms with Crippen LogP contribution in [0.15, 0.2) is 90.6 Å². The SMILES string of the molecule is CC.Cc1ccc(C2C=C3C(=O)N(Cc4cccc(C(=O)O)c4)CC(COCc4ccccc4)N3N2)cc1. The zero-order valence-electron chi connectivity index (χ0n) is 22.1. The number of hydrogen-bond acceptors (Lipinski definition) is 5. The first-order valence-corrected chi connectivity index (χ1v) is 13.0. The number of rotatable bonds is 8. The quantitative estimate of drug-likeness (QED) is 0.437. The molecular weight excluding hydrogens is 478 g/mol. The molecule has 0 aliphatic carbocycles. The van der Waals surface area contributed by atoms with Crippen molar-refractivity contribution in [3.05, 3.63) is 118 Å². The number of nitrogens with one attached hydrogen (secondary N) is 1. The van der Waals surface area contributed by atoms with E-state index in [1.165, 1.54) is 5.56 Å². The second-order valence-electron chi connectivity index (χ2n) is 9.29. The Morgan fingerprint density at radius 2 is 1.71 bits per heavy atom. The molecule has 7 nitrogen and oxygen atoms in total. The lowest BCUT2D eigenvalue weighted by Gasteiger charge is -2.41. The fraction of sp³-hybridized carbons (Fsp3) is 0.290. The standard InChI is InChI=1S/C29H29N3O4.C2H6/c1-20-10-12-23(13-11-20)26-15-27-28(33)31(16-22-8-5-9-24(14-22)29(34)35)17-25(32(27)30-26)19-36-18-21-6-3-2-4-7-21;1-2/h2-15,25-26,30H,16-19H2,1H3,(H,34,35);1-2H3. The third kappa shape index (κ3) is 6.30. The number of amides is 1. The van der Waals surface area contributed by atoms with E-state index in [0.29, 0.717) is 32.0 Å². The van der Waals surface area contributed by atoms with E-state index < -0.39 is 5.97 Å². The van der Waals surface area contributed by atoms with Crippen molar-refractivity contribution in [2.75, 3.05) is 13.2 Å². The predicted molar refractivity (Wildman–Crippen MR) is 147 cm³/mol. The van der Waals surface area contributed by atoms with Crippen LogP contribution in [-0.2, 0) is 22.7 Å². The van der Waals surface area contributed by atoms with Gasteiger partial charge in [-0.3, -0.25) is 9.80 Å². The van der Waals surface area contributed by atoms with Crippen LogP contribution < -0.4 is 5.43 Å². The van der Waals surface area contributed by atoms with E-state index in [-0.39, 0.29) is 23.6 Å². The van der Waals surface area contributed by atoms with Gasteiger partial charge in [-0.05, 0) is 41.8 Å². The Labute approximate surface area is 224 Å². The number of benzene rings is 3. The number of hydrazine groups is 1. The Morgan fingerprint density at radius 3 is 2.42 bits per heavy atom. The summed E-state index contributed by atoms with van der Waals surface area (Å²) in [7, 11) is 0. The number of carboxylic acid groups (broad SMARTS) is 1. The van der Waals surface area contributed by atoms with Crippen LogP contribution in [0.4, 0.5) is 0 Å². The number of aryl methyl sites for hydroxylation is 1. The lowest BCUT2D eigenvalue weighted by atomic mass is 10.0. The first kappa shape index (κ1) is 27.1. The summed E-state index contributed by atoms with van der Waals surface area (Å²) in [5.41, 5.74) is 8.44. The summed E-state index contributed by atoms with van der Waals surface area (Å²) in [5.74, 6) is -1.07. The molecule has 0 aromatic heterocycles. The van der Waals surface area contributed by atoms with Crippen LogP contribution in [0, 0.1) is 6.92 Å². The van der Waals surface area contributed by atoms with Crippen LogP contribution in [0.25, 0.3) is 0 Å². The highest BCUT2D eigenvalue weighted by Gasteiger charge is 2.41. The molecule has 0 saturated carbocycles. The van der Waals surface area contributed by atoms with Crippen molar-refractivity contribution in [1.82, 2.24) is 15.3 Å². The van der Waals surface area contributed by atoms with Gasteiger partial charge in [-0.25, -0.2) is 10.2 Å². The van der Waals surface area contributed by atoms with Gasteiger partial charge in [-0.1, -0.05) is 86.1 Å². The van der Waals surface area contributed by atoms with Gasteiger partial charge in [0.05, 0.1) is 30.9 Å². The van der Waals surface area contributed by atoms with Crippen molar-refractivity contribution >= 4 is 11.9 Å². The second-order valence-corrected chi connectivity index (χ2v) is 9.29. The molecule has 1 amide bonds. The van der Waals surface area contributed by atoms with Crippen molar-refractivity contribution < 1.29 is 19.4 Å². The number of aromatic carboxylic acids is 1. The minimum atomic E-state index is -0.983. The normalized spacial score (nSPS) is 18.4. The maximum absolute atomic E-state index is 13.5. The summed E-state index contributed by atoms with van der Waals surface area (Å²) < 4.78 is 6.08. The summed E-state index contributed by atoms with van der Waals surface area (Å²) >= 11 is 0. The fourth-order valence-electron chi connectivity index (χ4n) is 4.67. The summed E-state index contributed by atoms with van der Waals surface area (Å²) in [5, 5.41) is 11.3. The van der Waals surface area contributed by atoms with Crippen molar-refractivity contribution in [3.8, 4) is 0 Å². The molecule has 2 unspecified atom stereocenters. The van der Waals surface area contributed by atoms with Gasteiger partial charge in [0.1, 0.15) is 5.70 Å². The fourth-order valence-corrected chi connectivity index (χ4v) is 4.67. The molecule has 2 aliphatic rings. The molecule has 2 aliphatic heterocycles.